The highest BCUT2D eigenvalue weighted by Gasteiger charge is 2.14. The van der Waals surface area contributed by atoms with Gasteiger partial charge in [0.05, 0.1) is 28.9 Å². The summed E-state index contributed by atoms with van der Waals surface area (Å²) in [6.07, 6.45) is 3.23. The first-order valence-corrected chi connectivity index (χ1v) is 9.74. The highest BCUT2D eigenvalue weighted by Crippen LogP contribution is 2.34. The van der Waals surface area contributed by atoms with Crippen LogP contribution in [-0.2, 0) is 11.2 Å². The van der Waals surface area contributed by atoms with Crippen molar-refractivity contribution in [1.29, 1.82) is 0 Å². The number of nitrogens with zero attached hydrogens (tertiary/aromatic N) is 3. The molecular formula is C18H15N5O2S2. The predicted molar refractivity (Wildman–Crippen MR) is 106 cm³/mol. The summed E-state index contributed by atoms with van der Waals surface area (Å²) >= 11 is 2.95. The molecule has 4 aromatic rings. The van der Waals surface area contributed by atoms with Gasteiger partial charge in [-0.15, -0.1) is 22.7 Å². The molecule has 0 unspecified atom stereocenters. The summed E-state index contributed by atoms with van der Waals surface area (Å²) in [5.74, 6) is 0.323. The zero-order valence-electron chi connectivity index (χ0n) is 14.3. The van der Waals surface area contributed by atoms with Crippen LogP contribution in [0.4, 0.5) is 10.8 Å². The number of rotatable bonds is 6. The largest absolute Gasteiger partial charge is 0.444 e. The highest BCUT2D eigenvalue weighted by molar-refractivity contribution is 7.17. The standard InChI is InChI=1S/C18H15N5O2S2/c1-10-17(27-16(21-10)6-15(19)24)13-8-26-18(23-13)22-12-4-2-3-11(5-12)14-7-20-9-25-14/h2-5,7-9H,6H2,1H3,(H2,19,24)(H,22,23). The number of carbonyl (C=O) groups is 1. The molecule has 9 heteroatoms. The normalized spacial score (nSPS) is 10.9. The lowest BCUT2D eigenvalue weighted by Crippen LogP contribution is -2.13. The number of hydrogen-bond acceptors (Lipinski definition) is 8. The maximum Gasteiger partial charge on any atom is 0.224 e. The second kappa shape index (κ2) is 7.29. The Kier molecular flexibility index (Phi) is 4.69. The van der Waals surface area contributed by atoms with Gasteiger partial charge in [-0.25, -0.2) is 15.0 Å². The smallest absolute Gasteiger partial charge is 0.224 e. The summed E-state index contributed by atoms with van der Waals surface area (Å²) < 4.78 is 5.34. The molecule has 0 bridgehead atoms. The Morgan fingerprint density at radius 1 is 1.33 bits per heavy atom. The van der Waals surface area contributed by atoms with E-state index in [1.54, 1.807) is 6.20 Å². The fourth-order valence-corrected chi connectivity index (χ4v) is 4.41. The number of oxazole rings is 1. The second-order valence-corrected chi connectivity index (χ2v) is 7.72. The van der Waals surface area contributed by atoms with Crippen molar-refractivity contribution >= 4 is 39.4 Å². The molecule has 0 fully saturated rings. The number of benzene rings is 1. The van der Waals surface area contributed by atoms with Crippen molar-refractivity contribution in [2.75, 3.05) is 5.32 Å². The van der Waals surface area contributed by atoms with Gasteiger partial charge < -0.3 is 15.5 Å². The van der Waals surface area contributed by atoms with Crippen LogP contribution in [0.25, 0.3) is 21.9 Å². The second-order valence-electron chi connectivity index (χ2n) is 5.77. The monoisotopic (exact) mass is 397 g/mol. The number of nitrogens with two attached hydrogens (primary N) is 1. The molecule has 1 aromatic carbocycles. The first kappa shape index (κ1) is 17.4. The van der Waals surface area contributed by atoms with E-state index >= 15 is 0 Å². The van der Waals surface area contributed by atoms with E-state index in [0.29, 0.717) is 10.8 Å². The van der Waals surface area contributed by atoms with Crippen LogP contribution in [0.2, 0.25) is 0 Å². The number of amides is 1. The van der Waals surface area contributed by atoms with Crippen LogP contribution in [0.5, 0.6) is 0 Å². The van der Waals surface area contributed by atoms with Crippen LogP contribution in [0.3, 0.4) is 0 Å². The topological polar surface area (TPSA) is 107 Å². The van der Waals surface area contributed by atoms with E-state index in [4.69, 9.17) is 10.2 Å². The van der Waals surface area contributed by atoms with Gasteiger partial charge in [0.15, 0.2) is 17.3 Å². The van der Waals surface area contributed by atoms with E-state index in [0.717, 1.165) is 32.6 Å². The van der Waals surface area contributed by atoms with E-state index in [2.05, 4.69) is 20.3 Å². The number of aryl methyl sites for hydroxylation is 1. The molecule has 136 valence electrons. The van der Waals surface area contributed by atoms with Gasteiger partial charge >= 0.3 is 0 Å². The lowest BCUT2D eigenvalue weighted by Gasteiger charge is -2.04. The Bertz CT molecular complexity index is 1090. The zero-order valence-corrected chi connectivity index (χ0v) is 15.9. The Labute approximate surface area is 162 Å². The summed E-state index contributed by atoms with van der Waals surface area (Å²) in [6, 6.07) is 7.84. The predicted octanol–water partition coefficient (Wildman–Crippen LogP) is 4.00. The number of thiazole rings is 2. The van der Waals surface area contributed by atoms with Crippen molar-refractivity contribution in [3.63, 3.8) is 0 Å². The van der Waals surface area contributed by atoms with Crippen molar-refractivity contribution in [3.8, 4) is 21.9 Å². The molecule has 3 aromatic heterocycles. The van der Waals surface area contributed by atoms with Gasteiger partial charge in [0.2, 0.25) is 5.91 Å². The van der Waals surface area contributed by atoms with E-state index in [9.17, 15) is 4.79 Å². The van der Waals surface area contributed by atoms with Crippen molar-refractivity contribution < 1.29 is 9.21 Å². The number of aromatic nitrogens is 3. The molecule has 1 amide bonds. The minimum atomic E-state index is -0.387. The Hall–Kier alpha value is -3.04. The van der Waals surface area contributed by atoms with Crippen LogP contribution >= 0.6 is 22.7 Å². The van der Waals surface area contributed by atoms with Gasteiger partial charge in [-0.2, -0.15) is 0 Å². The number of primary amides is 1. The van der Waals surface area contributed by atoms with Crippen molar-refractivity contribution in [2.45, 2.75) is 13.3 Å². The van der Waals surface area contributed by atoms with Gasteiger partial charge in [0, 0.05) is 16.6 Å². The molecular weight excluding hydrogens is 382 g/mol. The third-order valence-corrected chi connectivity index (χ3v) is 5.67. The Morgan fingerprint density at radius 2 is 2.22 bits per heavy atom. The van der Waals surface area contributed by atoms with E-state index < -0.39 is 0 Å². The third-order valence-electron chi connectivity index (χ3n) is 3.73. The lowest BCUT2D eigenvalue weighted by atomic mass is 10.1. The quantitative estimate of drug-likeness (QED) is 0.509. The summed E-state index contributed by atoms with van der Waals surface area (Å²) in [5.41, 5.74) is 8.77. The first-order chi connectivity index (χ1) is 13.1. The average Bonchev–Trinajstić information content (AvgIpc) is 3.36. The molecule has 3 N–H and O–H groups in total. The Balaban J connectivity index is 1.55. The van der Waals surface area contributed by atoms with Crippen molar-refractivity contribution in [3.05, 3.63) is 52.9 Å². The summed E-state index contributed by atoms with van der Waals surface area (Å²) in [4.78, 5) is 25.1. The average molecular weight is 397 g/mol. The highest BCUT2D eigenvalue weighted by atomic mass is 32.1. The van der Waals surface area contributed by atoms with Crippen LogP contribution in [0.15, 0.2) is 46.7 Å². The van der Waals surface area contributed by atoms with Crippen LogP contribution < -0.4 is 11.1 Å². The minimum absolute atomic E-state index is 0.148. The molecule has 7 nitrogen and oxygen atoms in total. The maximum atomic E-state index is 11.1. The lowest BCUT2D eigenvalue weighted by molar-refractivity contribution is -0.117. The summed E-state index contributed by atoms with van der Waals surface area (Å²) in [7, 11) is 0. The van der Waals surface area contributed by atoms with Gasteiger partial charge in [-0.05, 0) is 19.1 Å². The van der Waals surface area contributed by atoms with Gasteiger partial charge in [-0.1, -0.05) is 12.1 Å². The molecule has 3 heterocycles. The molecule has 0 aliphatic rings. The minimum Gasteiger partial charge on any atom is -0.444 e. The first-order valence-electron chi connectivity index (χ1n) is 8.05. The summed E-state index contributed by atoms with van der Waals surface area (Å²) in [5, 5.41) is 6.75. The molecule has 0 spiro atoms. The van der Waals surface area contributed by atoms with E-state index in [1.807, 2.05) is 36.6 Å². The number of carbonyl (C=O) groups excluding carboxylic acids is 1. The third kappa shape index (κ3) is 3.88. The Morgan fingerprint density at radius 3 is 3.00 bits per heavy atom. The molecule has 4 rings (SSSR count). The van der Waals surface area contributed by atoms with Crippen LogP contribution in [0.1, 0.15) is 10.7 Å². The molecule has 0 atom stereocenters. The van der Waals surface area contributed by atoms with Crippen molar-refractivity contribution in [1.82, 2.24) is 15.0 Å². The van der Waals surface area contributed by atoms with Crippen molar-refractivity contribution in [2.24, 2.45) is 5.73 Å². The molecule has 27 heavy (non-hydrogen) atoms. The van der Waals surface area contributed by atoms with Gasteiger partial charge in [-0.3, -0.25) is 4.79 Å². The number of hydrogen-bond donors (Lipinski definition) is 2. The summed E-state index contributed by atoms with van der Waals surface area (Å²) in [6.45, 7) is 1.91. The van der Waals surface area contributed by atoms with Gasteiger partial charge in [0.1, 0.15) is 5.01 Å². The molecule has 0 saturated heterocycles. The van der Waals surface area contributed by atoms with Crippen LogP contribution in [0, 0.1) is 6.92 Å². The fraction of sp³-hybridized carbons (Fsp3) is 0.111. The number of nitrogens with one attached hydrogen (secondary N) is 1. The molecule has 0 aliphatic heterocycles. The molecule has 0 radical (unpaired) electrons. The zero-order chi connectivity index (χ0) is 18.8. The molecule has 0 aliphatic carbocycles. The van der Waals surface area contributed by atoms with E-state index in [-0.39, 0.29) is 12.3 Å². The molecule has 0 saturated carbocycles. The fourth-order valence-electron chi connectivity index (χ4n) is 2.58. The number of anilines is 2. The van der Waals surface area contributed by atoms with Crippen LogP contribution in [-0.4, -0.2) is 20.9 Å². The van der Waals surface area contributed by atoms with E-state index in [1.165, 1.54) is 29.1 Å². The van der Waals surface area contributed by atoms with Gasteiger partial charge in [0.25, 0.3) is 0 Å². The SMILES string of the molecule is Cc1nc(CC(N)=O)sc1-c1csc(Nc2cccc(-c3cnco3)c2)n1. The maximum absolute atomic E-state index is 11.1.